The summed E-state index contributed by atoms with van der Waals surface area (Å²) in [5.41, 5.74) is 0.792. The van der Waals surface area contributed by atoms with Crippen LogP contribution in [0.3, 0.4) is 0 Å². The Labute approximate surface area is 130 Å². The van der Waals surface area contributed by atoms with Gasteiger partial charge in [-0.25, -0.2) is 0 Å². The van der Waals surface area contributed by atoms with Gasteiger partial charge in [0, 0.05) is 42.8 Å². The molecule has 1 aromatic rings. The molecule has 0 saturated carbocycles. The number of nitrogens with one attached hydrogen (secondary N) is 1. The molecule has 0 spiro atoms. The van der Waals surface area contributed by atoms with Gasteiger partial charge in [0.25, 0.3) is 0 Å². The van der Waals surface area contributed by atoms with E-state index in [-0.39, 0.29) is 17.2 Å². The summed E-state index contributed by atoms with van der Waals surface area (Å²) in [6.45, 7) is 10.3. The van der Waals surface area contributed by atoms with Crippen molar-refractivity contribution in [2.24, 2.45) is 5.41 Å². The van der Waals surface area contributed by atoms with Crippen molar-refractivity contribution in [2.75, 3.05) is 26.2 Å². The number of rotatable bonds is 2. The Morgan fingerprint density at radius 1 is 1.20 bits per heavy atom. The van der Waals surface area contributed by atoms with Gasteiger partial charge >= 0.3 is 0 Å². The van der Waals surface area contributed by atoms with Gasteiger partial charge in [0.15, 0.2) is 0 Å². The maximum atomic E-state index is 10.4. The zero-order valence-electron chi connectivity index (χ0n) is 12.2. The third-order valence-electron chi connectivity index (χ3n) is 3.69. The number of nitrogens with zero attached hydrogens (tertiary/aromatic N) is 1. The highest BCUT2D eigenvalue weighted by Crippen LogP contribution is 2.45. The molecule has 0 radical (unpaired) electrons. The average Bonchev–Trinajstić information content (AvgIpc) is 2.35. The molecule has 0 aliphatic carbocycles. The van der Waals surface area contributed by atoms with Crippen LogP contribution in [0.5, 0.6) is 5.75 Å². The number of halogens is 2. The van der Waals surface area contributed by atoms with Gasteiger partial charge in [-0.2, -0.15) is 0 Å². The van der Waals surface area contributed by atoms with Crippen molar-refractivity contribution in [2.45, 2.75) is 26.8 Å². The first-order chi connectivity index (χ1) is 9.30. The highest BCUT2D eigenvalue weighted by Gasteiger charge is 2.34. The van der Waals surface area contributed by atoms with E-state index in [1.807, 2.05) is 6.07 Å². The molecule has 0 amide bonds. The molecule has 1 atom stereocenters. The first-order valence-corrected chi connectivity index (χ1v) is 7.69. The van der Waals surface area contributed by atoms with E-state index in [0.717, 1.165) is 31.7 Å². The van der Waals surface area contributed by atoms with Crippen LogP contribution in [-0.4, -0.2) is 36.2 Å². The quantitative estimate of drug-likeness (QED) is 0.873. The number of aromatic hydroxyl groups is 1. The van der Waals surface area contributed by atoms with Crippen LogP contribution < -0.4 is 5.32 Å². The van der Waals surface area contributed by atoms with E-state index in [4.69, 9.17) is 23.2 Å². The number of hydrogen-bond acceptors (Lipinski definition) is 3. The average molecular weight is 317 g/mol. The molecule has 112 valence electrons. The van der Waals surface area contributed by atoms with Gasteiger partial charge in [0.1, 0.15) is 5.75 Å². The summed E-state index contributed by atoms with van der Waals surface area (Å²) in [6.07, 6.45) is 0. The van der Waals surface area contributed by atoms with Gasteiger partial charge in [-0.05, 0) is 17.5 Å². The predicted octanol–water partition coefficient (Wildman–Crippen LogP) is 3.69. The van der Waals surface area contributed by atoms with Gasteiger partial charge in [-0.15, -0.1) is 0 Å². The van der Waals surface area contributed by atoms with Crippen LogP contribution >= 0.6 is 23.2 Å². The number of phenolic OH excluding ortho intramolecular Hbond substituents is 1. The van der Waals surface area contributed by atoms with Crippen molar-refractivity contribution < 1.29 is 5.11 Å². The van der Waals surface area contributed by atoms with E-state index in [2.05, 4.69) is 31.0 Å². The fourth-order valence-corrected chi connectivity index (χ4v) is 3.45. The Morgan fingerprint density at radius 2 is 1.80 bits per heavy atom. The minimum atomic E-state index is -0.0250. The number of benzene rings is 1. The molecule has 0 unspecified atom stereocenters. The third kappa shape index (κ3) is 3.40. The lowest BCUT2D eigenvalue weighted by atomic mass is 9.80. The first kappa shape index (κ1) is 15.9. The largest absolute Gasteiger partial charge is 0.506 e. The Morgan fingerprint density at radius 3 is 2.35 bits per heavy atom. The molecule has 1 fully saturated rings. The van der Waals surface area contributed by atoms with Gasteiger partial charge in [0.2, 0.25) is 0 Å². The lowest BCUT2D eigenvalue weighted by Gasteiger charge is -2.42. The van der Waals surface area contributed by atoms with Crippen LogP contribution in [0.15, 0.2) is 12.1 Å². The molecule has 1 aromatic carbocycles. The van der Waals surface area contributed by atoms with Crippen molar-refractivity contribution in [3.8, 4) is 5.75 Å². The highest BCUT2D eigenvalue weighted by atomic mass is 35.5. The molecule has 2 N–H and O–H groups in total. The van der Waals surface area contributed by atoms with Crippen molar-refractivity contribution in [3.05, 3.63) is 27.7 Å². The van der Waals surface area contributed by atoms with Crippen molar-refractivity contribution in [1.82, 2.24) is 10.2 Å². The lowest BCUT2D eigenvalue weighted by molar-refractivity contribution is 0.0843. The van der Waals surface area contributed by atoms with Gasteiger partial charge in [-0.3, -0.25) is 4.90 Å². The maximum Gasteiger partial charge on any atom is 0.139 e. The number of phenols is 1. The fourth-order valence-electron chi connectivity index (χ4n) is 2.95. The summed E-state index contributed by atoms with van der Waals surface area (Å²) in [5.74, 6) is 0.148. The minimum Gasteiger partial charge on any atom is -0.506 e. The SMILES string of the molecule is CC(C)(C)[C@@H](c1cc(Cl)cc(Cl)c1O)N1CCNCC1. The Balaban J connectivity index is 2.46. The predicted molar refractivity (Wildman–Crippen MR) is 84.8 cm³/mol. The van der Waals surface area contributed by atoms with Crippen LogP contribution in [0.25, 0.3) is 0 Å². The summed E-state index contributed by atoms with van der Waals surface area (Å²) < 4.78 is 0. The second kappa shape index (κ2) is 6.10. The fraction of sp³-hybridized carbons (Fsp3) is 0.600. The maximum absolute atomic E-state index is 10.4. The van der Waals surface area contributed by atoms with Gasteiger partial charge in [0.05, 0.1) is 5.02 Å². The summed E-state index contributed by atoms with van der Waals surface area (Å²) in [6, 6.07) is 3.50. The molecule has 1 aliphatic heterocycles. The standard InChI is InChI=1S/C15H22Cl2N2O/c1-15(2,3)14(19-6-4-18-5-7-19)11-8-10(16)9-12(17)13(11)20/h8-9,14,18,20H,4-7H2,1-3H3/t14-/m1/s1. The first-order valence-electron chi connectivity index (χ1n) is 6.93. The molecule has 20 heavy (non-hydrogen) atoms. The third-order valence-corrected chi connectivity index (χ3v) is 4.20. The molecule has 2 rings (SSSR count). The van der Waals surface area contributed by atoms with E-state index in [9.17, 15) is 5.11 Å². The van der Waals surface area contributed by atoms with Crippen LogP contribution in [-0.2, 0) is 0 Å². The Bertz CT molecular complexity index is 479. The second-order valence-corrected chi connectivity index (χ2v) is 7.22. The molecule has 1 heterocycles. The second-order valence-electron chi connectivity index (χ2n) is 6.38. The van der Waals surface area contributed by atoms with Crippen molar-refractivity contribution >= 4 is 23.2 Å². The summed E-state index contributed by atoms with van der Waals surface area (Å²) >= 11 is 12.2. The van der Waals surface area contributed by atoms with E-state index in [1.54, 1.807) is 6.07 Å². The van der Waals surface area contributed by atoms with E-state index >= 15 is 0 Å². The van der Waals surface area contributed by atoms with Crippen LogP contribution in [0.4, 0.5) is 0 Å². The van der Waals surface area contributed by atoms with Gasteiger partial charge in [-0.1, -0.05) is 44.0 Å². The molecule has 0 aromatic heterocycles. The molecular weight excluding hydrogens is 295 g/mol. The summed E-state index contributed by atoms with van der Waals surface area (Å²) in [4.78, 5) is 2.39. The van der Waals surface area contributed by atoms with Crippen molar-refractivity contribution in [1.29, 1.82) is 0 Å². The molecule has 5 heteroatoms. The molecular formula is C15H22Cl2N2O. The Hall–Kier alpha value is -0.480. The number of hydrogen-bond donors (Lipinski definition) is 2. The van der Waals surface area contributed by atoms with E-state index < -0.39 is 0 Å². The minimum absolute atomic E-state index is 0.0250. The van der Waals surface area contributed by atoms with Crippen molar-refractivity contribution in [3.63, 3.8) is 0 Å². The summed E-state index contributed by atoms with van der Waals surface area (Å²) in [5, 5.41) is 14.6. The molecule has 1 saturated heterocycles. The van der Waals surface area contributed by atoms with Crippen LogP contribution in [0, 0.1) is 5.41 Å². The smallest absolute Gasteiger partial charge is 0.139 e. The topological polar surface area (TPSA) is 35.5 Å². The summed E-state index contributed by atoms with van der Waals surface area (Å²) in [7, 11) is 0. The molecule has 1 aliphatic rings. The lowest BCUT2D eigenvalue weighted by Crippen LogP contribution is -2.48. The van der Waals surface area contributed by atoms with Gasteiger partial charge < -0.3 is 10.4 Å². The zero-order chi connectivity index (χ0) is 14.9. The highest BCUT2D eigenvalue weighted by molar-refractivity contribution is 6.35. The normalized spacial score (nSPS) is 19.1. The monoisotopic (exact) mass is 316 g/mol. The molecule has 3 nitrogen and oxygen atoms in total. The van der Waals surface area contributed by atoms with Crippen LogP contribution in [0.2, 0.25) is 10.0 Å². The Kier molecular flexibility index (Phi) is 4.85. The zero-order valence-corrected chi connectivity index (χ0v) is 13.7. The van der Waals surface area contributed by atoms with E-state index in [1.165, 1.54) is 0 Å². The number of piperazine rings is 1. The van der Waals surface area contributed by atoms with E-state index in [0.29, 0.717) is 10.0 Å². The van der Waals surface area contributed by atoms with Crippen LogP contribution in [0.1, 0.15) is 32.4 Å². The molecule has 0 bridgehead atoms.